The van der Waals surface area contributed by atoms with Crippen LogP contribution in [-0.2, 0) is 16.4 Å². The van der Waals surface area contributed by atoms with Crippen LogP contribution in [-0.4, -0.2) is 55.0 Å². The Labute approximate surface area is 222 Å². The fraction of sp³-hybridized carbons (Fsp3) is 0.241. The third-order valence-corrected chi connectivity index (χ3v) is 9.28. The number of hydrogen-bond acceptors (Lipinski definition) is 4. The van der Waals surface area contributed by atoms with Crippen molar-refractivity contribution in [1.29, 1.82) is 0 Å². The second-order valence-corrected chi connectivity index (χ2v) is 11.8. The lowest BCUT2D eigenvalue weighted by molar-refractivity contribution is 0.255. The first-order valence-electron chi connectivity index (χ1n) is 12.6. The zero-order chi connectivity index (χ0) is 25.4. The predicted molar refractivity (Wildman–Crippen MR) is 151 cm³/mol. The van der Waals surface area contributed by atoms with E-state index < -0.39 is 10.0 Å². The van der Waals surface area contributed by atoms with Gasteiger partial charge in [-0.3, -0.25) is 4.90 Å². The lowest BCUT2D eigenvalue weighted by atomic mass is 10.1. The first kappa shape index (κ1) is 24.1. The smallest absolute Gasteiger partial charge is 0.268 e. The normalized spacial score (nSPS) is 15.1. The van der Waals surface area contributed by atoms with Crippen molar-refractivity contribution in [3.8, 4) is 0 Å². The minimum absolute atomic E-state index is 0.294. The highest BCUT2D eigenvalue weighted by Crippen LogP contribution is 2.31. The molecular formula is C29H29ClN4O2S. The molecule has 0 spiro atoms. The zero-order valence-electron chi connectivity index (χ0n) is 20.5. The quantitative estimate of drug-likeness (QED) is 0.289. The number of halogens is 1. The van der Waals surface area contributed by atoms with Gasteiger partial charge in [0.1, 0.15) is 0 Å². The molecule has 0 radical (unpaired) electrons. The number of benzene rings is 3. The van der Waals surface area contributed by atoms with Crippen LogP contribution in [0.25, 0.3) is 21.8 Å². The van der Waals surface area contributed by atoms with Crippen LogP contribution in [0, 0.1) is 0 Å². The highest BCUT2D eigenvalue weighted by Gasteiger charge is 2.22. The first-order chi connectivity index (χ1) is 18.0. The van der Waals surface area contributed by atoms with E-state index in [1.165, 1.54) is 14.9 Å². The molecule has 0 saturated carbocycles. The van der Waals surface area contributed by atoms with Gasteiger partial charge in [0.2, 0.25) is 0 Å². The number of aromatic amines is 1. The monoisotopic (exact) mass is 532 g/mol. The van der Waals surface area contributed by atoms with E-state index in [0.29, 0.717) is 10.4 Å². The Kier molecular flexibility index (Phi) is 6.44. The maximum Gasteiger partial charge on any atom is 0.268 e. The van der Waals surface area contributed by atoms with Crippen LogP contribution in [0.5, 0.6) is 0 Å². The molecule has 1 N–H and O–H groups in total. The lowest BCUT2D eigenvalue weighted by Gasteiger charge is -2.36. The average Bonchev–Trinajstić information content (AvgIpc) is 3.54. The predicted octanol–water partition coefficient (Wildman–Crippen LogP) is 5.77. The number of nitrogens with zero attached hydrogens (tertiary/aromatic N) is 3. The molecule has 2 aromatic heterocycles. The number of aryl methyl sites for hydroxylation is 1. The van der Waals surface area contributed by atoms with Gasteiger partial charge in [-0.15, -0.1) is 0 Å². The molecule has 0 bridgehead atoms. The van der Waals surface area contributed by atoms with E-state index in [1.54, 1.807) is 30.5 Å². The standard InChI is InChI=1S/C29H29ClN4O2S/c30-23-11-12-27-26(20-23)22(21-31-27)6-5-14-32-16-18-33(19-17-32)28-9-4-10-29-25(28)13-15-34(29)37(35,36)24-7-2-1-3-8-24/h1-4,7-13,15,20-21,31H,5-6,14,16-19H2. The Hall–Kier alpha value is -3.26. The van der Waals surface area contributed by atoms with Crippen molar-refractivity contribution >= 4 is 49.1 Å². The molecule has 1 aliphatic rings. The molecule has 3 aromatic carbocycles. The molecule has 8 heteroatoms. The summed E-state index contributed by atoms with van der Waals surface area (Å²) in [6.07, 6.45) is 5.88. The van der Waals surface area contributed by atoms with Crippen molar-refractivity contribution in [1.82, 2.24) is 13.9 Å². The number of H-pyrrole nitrogens is 1. The maximum atomic E-state index is 13.2. The van der Waals surface area contributed by atoms with E-state index in [9.17, 15) is 8.42 Å². The Bertz CT molecular complexity index is 1650. The van der Waals surface area contributed by atoms with Gasteiger partial charge in [-0.05, 0) is 73.5 Å². The molecule has 0 unspecified atom stereocenters. The number of aromatic nitrogens is 2. The molecule has 37 heavy (non-hydrogen) atoms. The van der Waals surface area contributed by atoms with Gasteiger partial charge >= 0.3 is 0 Å². The molecule has 6 nitrogen and oxygen atoms in total. The van der Waals surface area contributed by atoms with Gasteiger partial charge in [-0.2, -0.15) is 0 Å². The zero-order valence-corrected chi connectivity index (χ0v) is 22.0. The minimum Gasteiger partial charge on any atom is -0.368 e. The number of piperazine rings is 1. The van der Waals surface area contributed by atoms with Crippen LogP contribution in [0.15, 0.2) is 90.1 Å². The van der Waals surface area contributed by atoms with Crippen LogP contribution < -0.4 is 4.90 Å². The summed E-state index contributed by atoms with van der Waals surface area (Å²) in [6.45, 7) is 4.85. The SMILES string of the molecule is O=S(=O)(c1ccccc1)n1ccc2c(N3CCN(CCCc4c[nH]c5ccc(Cl)cc45)CC3)cccc21. The van der Waals surface area contributed by atoms with Crippen LogP contribution in [0.1, 0.15) is 12.0 Å². The highest BCUT2D eigenvalue weighted by molar-refractivity contribution is 7.90. The molecule has 0 atom stereocenters. The molecule has 0 aliphatic carbocycles. The molecular weight excluding hydrogens is 504 g/mol. The maximum absolute atomic E-state index is 13.2. The van der Waals surface area contributed by atoms with Crippen molar-refractivity contribution in [3.63, 3.8) is 0 Å². The van der Waals surface area contributed by atoms with E-state index in [4.69, 9.17) is 11.6 Å². The van der Waals surface area contributed by atoms with E-state index in [1.807, 2.05) is 42.5 Å². The first-order valence-corrected chi connectivity index (χ1v) is 14.5. The summed E-state index contributed by atoms with van der Waals surface area (Å²) in [5, 5.41) is 2.95. The summed E-state index contributed by atoms with van der Waals surface area (Å²) in [4.78, 5) is 8.53. The van der Waals surface area contributed by atoms with Gasteiger partial charge in [0.15, 0.2) is 0 Å². The largest absolute Gasteiger partial charge is 0.368 e. The third kappa shape index (κ3) is 4.63. The molecule has 1 saturated heterocycles. The molecule has 5 aromatic rings. The summed E-state index contributed by atoms with van der Waals surface area (Å²) in [5.74, 6) is 0. The summed E-state index contributed by atoms with van der Waals surface area (Å²) in [5.41, 5.74) is 4.25. The topological polar surface area (TPSA) is 61.3 Å². The molecule has 3 heterocycles. The van der Waals surface area contributed by atoms with Gasteiger partial charge in [0.25, 0.3) is 10.0 Å². The fourth-order valence-electron chi connectivity index (χ4n) is 5.38. The third-order valence-electron chi connectivity index (χ3n) is 7.34. The second kappa shape index (κ2) is 9.89. The minimum atomic E-state index is -3.64. The van der Waals surface area contributed by atoms with Gasteiger partial charge in [-0.25, -0.2) is 12.4 Å². The second-order valence-electron chi connectivity index (χ2n) is 9.58. The average molecular weight is 533 g/mol. The van der Waals surface area contributed by atoms with Gasteiger partial charge in [0, 0.05) is 65.6 Å². The van der Waals surface area contributed by atoms with Crippen molar-refractivity contribution in [2.24, 2.45) is 0 Å². The Balaban J connectivity index is 1.11. The number of fused-ring (bicyclic) bond motifs is 2. The van der Waals surface area contributed by atoms with Crippen LogP contribution in [0.4, 0.5) is 5.69 Å². The summed E-state index contributed by atoms with van der Waals surface area (Å²) >= 11 is 6.20. The van der Waals surface area contributed by atoms with E-state index in [-0.39, 0.29) is 0 Å². The highest BCUT2D eigenvalue weighted by atomic mass is 35.5. The van der Waals surface area contributed by atoms with Crippen molar-refractivity contribution < 1.29 is 8.42 Å². The molecule has 6 rings (SSSR count). The molecule has 0 amide bonds. The Morgan fingerprint density at radius 2 is 1.68 bits per heavy atom. The van der Waals surface area contributed by atoms with Gasteiger partial charge in [0.05, 0.1) is 10.4 Å². The number of hydrogen-bond donors (Lipinski definition) is 1. The molecule has 190 valence electrons. The molecule has 1 fully saturated rings. The van der Waals surface area contributed by atoms with Crippen molar-refractivity contribution in [3.05, 3.63) is 95.8 Å². The van der Waals surface area contributed by atoms with Crippen molar-refractivity contribution in [2.45, 2.75) is 17.7 Å². The Morgan fingerprint density at radius 1 is 0.865 bits per heavy atom. The van der Waals surface area contributed by atoms with E-state index >= 15 is 0 Å². The van der Waals surface area contributed by atoms with Gasteiger partial charge < -0.3 is 9.88 Å². The summed E-state index contributed by atoms with van der Waals surface area (Å²) < 4.78 is 27.9. The van der Waals surface area contributed by atoms with Crippen molar-refractivity contribution in [2.75, 3.05) is 37.6 Å². The van der Waals surface area contributed by atoms with E-state index in [0.717, 1.165) is 67.2 Å². The van der Waals surface area contributed by atoms with E-state index in [2.05, 4.69) is 27.0 Å². The van der Waals surface area contributed by atoms with Crippen LogP contribution >= 0.6 is 11.6 Å². The number of rotatable bonds is 7. The van der Waals surface area contributed by atoms with Crippen LogP contribution in [0.2, 0.25) is 5.02 Å². The Morgan fingerprint density at radius 3 is 2.49 bits per heavy atom. The molecule has 1 aliphatic heterocycles. The number of nitrogens with one attached hydrogen (secondary N) is 1. The lowest BCUT2D eigenvalue weighted by Crippen LogP contribution is -2.46. The number of anilines is 1. The van der Waals surface area contributed by atoms with Crippen LogP contribution in [0.3, 0.4) is 0 Å². The summed E-state index contributed by atoms with van der Waals surface area (Å²) in [7, 11) is -3.64. The fourth-order valence-corrected chi connectivity index (χ4v) is 6.92. The van der Waals surface area contributed by atoms with Gasteiger partial charge in [-0.1, -0.05) is 35.9 Å². The summed E-state index contributed by atoms with van der Waals surface area (Å²) in [6, 6.07) is 22.4.